The van der Waals surface area contributed by atoms with Crippen LogP contribution in [-0.4, -0.2) is 44.2 Å². The third kappa shape index (κ3) is 3.43. The van der Waals surface area contributed by atoms with Crippen LogP contribution >= 0.6 is 0 Å². The van der Waals surface area contributed by atoms with Crippen LogP contribution in [-0.2, 0) is 18.3 Å². The Balaban J connectivity index is 1.42. The van der Waals surface area contributed by atoms with Crippen molar-refractivity contribution in [2.75, 3.05) is 19.8 Å². The molecule has 1 aliphatic heterocycles. The topological polar surface area (TPSA) is 59.0 Å². The number of benzene rings is 2. The Morgan fingerprint density at radius 1 is 1.21 bits per heavy atom. The van der Waals surface area contributed by atoms with Gasteiger partial charge in [-0.2, -0.15) is 0 Å². The number of aromatic nitrogens is 4. The van der Waals surface area contributed by atoms with Crippen molar-refractivity contribution in [3.8, 4) is 11.3 Å². The third-order valence-electron chi connectivity index (χ3n) is 5.51. The number of fused-ring (bicyclic) bond motifs is 1. The van der Waals surface area contributed by atoms with Gasteiger partial charge in [-0.25, -0.2) is 14.4 Å². The smallest absolute Gasteiger partial charge is 0.126 e. The summed E-state index contributed by atoms with van der Waals surface area (Å²) in [6, 6.07) is 14.7. The predicted octanol–water partition coefficient (Wildman–Crippen LogP) is 3.68. The highest BCUT2D eigenvalue weighted by atomic mass is 19.1. The van der Waals surface area contributed by atoms with Gasteiger partial charge in [0.25, 0.3) is 0 Å². The minimum Gasteiger partial charge on any atom is -0.378 e. The van der Waals surface area contributed by atoms with Gasteiger partial charge in [-0.1, -0.05) is 24.3 Å². The summed E-state index contributed by atoms with van der Waals surface area (Å²) in [5.41, 5.74) is 3.70. The summed E-state index contributed by atoms with van der Waals surface area (Å²) in [4.78, 5) is 15.1. The zero-order valence-electron chi connectivity index (χ0n) is 16.2. The minimum atomic E-state index is -0.261. The maximum atomic E-state index is 13.6. The lowest BCUT2D eigenvalue weighted by Gasteiger charge is -2.34. The first kappa shape index (κ1) is 18.0. The van der Waals surface area contributed by atoms with Gasteiger partial charge in [-0.15, -0.1) is 0 Å². The first-order chi connectivity index (χ1) is 14.2. The highest BCUT2D eigenvalue weighted by Gasteiger charge is 2.28. The van der Waals surface area contributed by atoms with E-state index < -0.39 is 0 Å². The van der Waals surface area contributed by atoms with Crippen LogP contribution < -0.4 is 0 Å². The quantitative estimate of drug-likeness (QED) is 0.577. The summed E-state index contributed by atoms with van der Waals surface area (Å²) in [6.45, 7) is 2.73. The van der Waals surface area contributed by atoms with Crippen molar-refractivity contribution < 1.29 is 9.13 Å². The number of nitrogens with zero attached hydrogens (tertiary/aromatic N) is 4. The molecule has 6 nitrogen and oxygen atoms in total. The van der Waals surface area contributed by atoms with E-state index >= 15 is 0 Å². The Labute approximate surface area is 168 Å². The van der Waals surface area contributed by atoms with Crippen LogP contribution in [0.1, 0.15) is 17.7 Å². The van der Waals surface area contributed by atoms with E-state index in [2.05, 4.69) is 32.5 Å². The summed E-state index contributed by atoms with van der Waals surface area (Å²) >= 11 is 0. The molecule has 0 amide bonds. The van der Waals surface area contributed by atoms with E-state index in [1.165, 1.54) is 12.1 Å². The lowest BCUT2D eigenvalue weighted by Crippen LogP contribution is -2.40. The Bertz CT molecular complexity index is 1150. The van der Waals surface area contributed by atoms with Gasteiger partial charge in [0.05, 0.1) is 48.7 Å². The molecule has 1 fully saturated rings. The number of aryl methyl sites for hydroxylation is 1. The van der Waals surface area contributed by atoms with Crippen LogP contribution in [0.25, 0.3) is 22.3 Å². The van der Waals surface area contributed by atoms with Crippen molar-refractivity contribution in [1.82, 2.24) is 24.4 Å². The molecule has 0 bridgehead atoms. The zero-order chi connectivity index (χ0) is 19.8. The van der Waals surface area contributed by atoms with Gasteiger partial charge >= 0.3 is 0 Å². The Morgan fingerprint density at radius 3 is 2.97 bits per heavy atom. The SMILES string of the molecule is Cn1c(CN2CCOCC2c2ncc(-c3cccc(F)c3)[nH]2)nc2ccccc21. The fourth-order valence-electron chi connectivity index (χ4n) is 3.91. The summed E-state index contributed by atoms with van der Waals surface area (Å²) in [7, 11) is 2.05. The average molecular weight is 391 g/mol. The molecule has 1 saturated heterocycles. The van der Waals surface area contributed by atoms with E-state index in [-0.39, 0.29) is 11.9 Å². The second kappa shape index (κ2) is 7.42. The molecule has 1 unspecified atom stereocenters. The number of ether oxygens (including phenoxy) is 1. The van der Waals surface area contributed by atoms with Crippen molar-refractivity contribution in [3.63, 3.8) is 0 Å². The van der Waals surface area contributed by atoms with Crippen LogP contribution in [0.15, 0.2) is 54.7 Å². The molecule has 3 heterocycles. The number of hydrogen-bond acceptors (Lipinski definition) is 4. The van der Waals surface area contributed by atoms with E-state index in [1.807, 2.05) is 24.3 Å². The molecule has 0 saturated carbocycles. The van der Waals surface area contributed by atoms with Gasteiger partial charge in [-0.05, 0) is 24.3 Å². The number of nitrogens with one attached hydrogen (secondary N) is 1. The van der Waals surface area contributed by atoms with Gasteiger partial charge in [0.2, 0.25) is 0 Å². The van der Waals surface area contributed by atoms with Crippen LogP contribution in [0.2, 0.25) is 0 Å². The molecule has 0 aliphatic carbocycles. The van der Waals surface area contributed by atoms with Gasteiger partial charge in [0, 0.05) is 19.2 Å². The van der Waals surface area contributed by atoms with E-state index in [0.717, 1.165) is 40.5 Å². The van der Waals surface area contributed by atoms with E-state index in [9.17, 15) is 4.39 Å². The summed E-state index contributed by atoms with van der Waals surface area (Å²) in [6.07, 6.45) is 1.76. The molecule has 4 aromatic rings. The molecule has 2 aromatic heterocycles. The zero-order valence-corrected chi connectivity index (χ0v) is 16.2. The number of morpholine rings is 1. The number of para-hydroxylation sites is 2. The standard InChI is InChI=1S/C22H22FN5O/c1-27-19-8-3-2-7-17(19)25-21(27)13-28-9-10-29-14-20(28)22-24-12-18(26-22)15-5-4-6-16(23)11-15/h2-8,11-12,20H,9-10,13-14H2,1H3,(H,24,26). The normalized spacial score (nSPS) is 17.8. The summed E-state index contributed by atoms with van der Waals surface area (Å²) < 4.78 is 21.5. The number of imidazole rings is 2. The summed E-state index contributed by atoms with van der Waals surface area (Å²) in [5, 5.41) is 0. The van der Waals surface area contributed by atoms with Gasteiger partial charge in [0.1, 0.15) is 17.5 Å². The van der Waals surface area contributed by atoms with Crippen LogP contribution in [0.3, 0.4) is 0 Å². The number of aromatic amines is 1. The summed E-state index contributed by atoms with van der Waals surface area (Å²) in [5.74, 6) is 1.57. The lowest BCUT2D eigenvalue weighted by molar-refractivity contribution is -0.0170. The highest BCUT2D eigenvalue weighted by molar-refractivity contribution is 5.75. The molecule has 0 spiro atoms. The molecule has 2 aromatic carbocycles. The number of halogens is 1. The molecule has 0 radical (unpaired) electrons. The van der Waals surface area contributed by atoms with Crippen molar-refractivity contribution in [1.29, 1.82) is 0 Å². The Morgan fingerprint density at radius 2 is 2.10 bits per heavy atom. The maximum Gasteiger partial charge on any atom is 0.126 e. The molecule has 29 heavy (non-hydrogen) atoms. The average Bonchev–Trinajstić information content (AvgIpc) is 3.35. The molecule has 1 aliphatic rings. The van der Waals surface area contributed by atoms with E-state index in [0.29, 0.717) is 19.8 Å². The van der Waals surface area contributed by atoms with E-state index in [4.69, 9.17) is 9.72 Å². The Hall–Kier alpha value is -3.03. The van der Waals surface area contributed by atoms with Crippen LogP contribution in [0, 0.1) is 5.82 Å². The van der Waals surface area contributed by atoms with Crippen molar-refractivity contribution in [2.24, 2.45) is 7.05 Å². The van der Waals surface area contributed by atoms with Crippen molar-refractivity contribution in [3.05, 3.63) is 72.2 Å². The molecule has 1 N–H and O–H groups in total. The highest BCUT2D eigenvalue weighted by Crippen LogP contribution is 2.27. The lowest BCUT2D eigenvalue weighted by atomic mass is 10.1. The van der Waals surface area contributed by atoms with Gasteiger partial charge in [-0.3, -0.25) is 4.90 Å². The monoisotopic (exact) mass is 391 g/mol. The minimum absolute atomic E-state index is 0.00845. The first-order valence-electron chi connectivity index (χ1n) is 9.72. The fourth-order valence-corrected chi connectivity index (χ4v) is 3.91. The van der Waals surface area contributed by atoms with Gasteiger partial charge < -0.3 is 14.3 Å². The second-order valence-corrected chi connectivity index (χ2v) is 7.33. The fraction of sp³-hybridized carbons (Fsp3) is 0.273. The molecular formula is C22H22FN5O. The molecule has 7 heteroatoms. The number of hydrogen-bond donors (Lipinski definition) is 1. The van der Waals surface area contributed by atoms with Crippen molar-refractivity contribution >= 4 is 11.0 Å². The van der Waals surface area contributed by atoms with E-state index in [1.54, 1.807) is 12.3 Å². The molecular weight excluding hydrogens is 369 g/mol. The van der Waals surface area contributed by atoms with Crippen LogP contribution in [0.4, 0.5) is 4.39 Å². The number of rotatable bonds is 4. The third-order valence-corrected chi connectivity index (χ3v) is 5.51. The predicted molar refractivity (Wildman–Crippen MR) is 109 cm³/mol. The Kier molecular flexibility index (Phi) is 4.61. The van der Waals surface area contributed by atoms with Crippen molar-refractivity contribution in [2.45, 2.75) is 12.6 Å². The first-order valence-corrected chi connectivity index (χ1v) is 9.72. The number of H-pyrrole nitrogens is 1. The second-order valence-electron chi connectivity index (χ2n) is 7.33. The molecule has 148 valence electrons. The molecule has 1 atom stereocenters. The maximum absolute atomic E-state index is 13.6. The molecule has 5 rings (SSSR count). The van der Waals surface area contributed by atoms with Crippen LogP contribution in [0.5, 0.6) is 0 Å². The largest absolute Gasteiger partial charge is 0.378 e. The van der Waals surface area contributed by atoms with Gasteiger partial charge in [0.15, 0.2) is 0 Å².